The predicted octanol–water partition coefficient (Wildman–Crippen LogP) is 8.97. The summed E-state index contributed by atoms with van der Waals surface area (Å²) in [6.07, 6.45) is 2.87. The standard InChI is InChI=1S/C33H30Cl3NO6S/c1-4-42-32(40)29(33(41)43-5-2)30(44-6-3)28(27(38)20-9-21-7-10-22(34)11-8-21)31(39)37(25-16-12-23(35)13-17-25)26-18-14-24(36)15-19-26/h7-20,38H,4-6H2,1-3H3/b20-9+,28-27-. The lowest BCUT2D eigenvalue weighted by molar-refractivity contribution is -0.146. The second-order valence-corrected chi connectivity index (χ2v) is 11.4. The molecule has 44 heavy (non-hydrogen) atoms. The smallest absolute Gasteiger partial charge is 0.346 e. The Morgan fingerprint density at radius 3 is 1.57 bits per heavy atom. The number of aliphatic hydroxyl groups is 1. The summed E-state index contributed by atoms with van der Waals surface area (Å²) in [6, 6.07) is 19.7. The zero-order valence-corrected chi connectivity index (χ0v) is 27.3. The van der Waals surface area contributed by atoms with Crippen LogP contribution in [0, 0.1) is 0 Å². The van der Waals surface area contributed by atoms with Gasteiger partial charge in [0.2, 0.25) is 0 Å². The van der Waals surface area contributed by atoms with Crippen molar-refractivity contribution in [1.29, 1.82) is 0 Å². The van der Waals surface area contributed by atoms with Gasteiger partial charge in [-0.3, -0.25) is 9.69 Å². The molecule has 0 aliphatic carbocycles. The molecule has 0 heterocycles. The molecule has 0 bridgehead atoms. The summed E-state index contributed by atoms with van der Waals surface area (Å²) in [5, 5.41) is 13.0. The highest BCUT2D eigenvalue weighted by molar-refractivity contribution is 8.03. The molecule has 0 fully saturated rings. The number of rotatable bonds is 12. The SMILES string of the molecule is CCOC(=O)C(C(=O)OCC)=C(SCC)/C(C(=O)N(c1ccc(Cl)cc1)c1ccc(Cl)cc1)=C(O)\C=C\c1ccc(Cl)cc1. The number of carbonyl (C=O) groups excluding carboxylic acids is 3. The maximum atomic E-state index is 14.7. The van der Waals surface area contributed by atoms with E-state index in [1.165, 1.54) is 11.0 Å². The molecule has 0 aliphatic heterocycles. The Labute approximate surface area is 275 Å². The lowest BCUT2D eigenvalue weighted by Gasteiger charge is -2.26. The molecule has 230 valence electrons. The van der Waals surface area contributed by atoms with Crippen LogP contribution in [-0.4, -0.2) is 41.9 Å². The fourth-order valence-corrected chi connectivity index (χ4v) is 5.23. The third kappa shape index (κ3) is 9.16. The average Bonchev–Trinajstić information content (AvgIpc) is 2.99. The van der Waals surface area contributed by atoms with Crippen molar-refractivity contribution in [3.8, 4) is 0 Å². The molecule has 0 atom stereocenters. The second-order valence-electron chi connectivity index (χ2n) is 8.82. The van der Waals surface area contributed by atoms with Gasteiger partial charge in [0.25, 0.3) is 5.91 Å². The lowest BCUT2D eigenvalue weighted by atomic mass is 10.1. The third-order valence-corrected chi connectivity index (χ3v) is 7.59. The van der Waals surface area contributed by atoms with Gasteiger partial charge >= 0.3 is 11.9 Å². The lowest BCUT2D eigenvalue weighted by Crippen LogP contribution is -2.30. The Bertz CT molecular complexity index is 1500. The molecular weight excluding hydrogens is 645 g/mol. The number of halogens is 3. The van der Waals surface area contributed by atoms with Crippen LogP contribution in [0.5, 0.6) is 0 Å². The minimum absolute atomic E-state index is 0.0388. The summed E-state index contributed by atoms with van der Waals surface area (Å²) in [4.78, 5) is 42.4. The van der Waals surface area contributed by atoms with E-state index < -0.39 is 29.2 Å². The molecule has 0 unspecified atom stereocenters. The van der Waals surface area contributed by atoms with E-state index in [9.17, 15) is 19.5 Å². The number of thioether (sulfide) groups is 1. The van der Waals surface area contributed by atoms with E-state index in [4.69, 9.17) is 44.3 Å². The molecule has 3 aromatic rings. The Morgan fingerprint density at radius 2 is 1.16 bits per heavy atom. The molecule has 1 amide bonds. The van der Waals surface area contributed by atoms with E-state index >= 15 is 0 Å². The number of allylic oxidation sites excluding steroid dienone is 1. The molecule has 0 aromatic heterocycles. The molecule has 0 spiro atoms. The van der Waals surface area contributed by atoms with Gasteiger partial charge in [-0.1, -0.05) is 59.9 Å². The monoisotopic (exact) mass is 673 g/mol. The number of benzene rings is 3. The number of nitrogens with zero attached hydrogens (tertiary/aromatic N) is 1. The van der Waals surface area contributed by atoms with Crippen LogP contribution in [0.2, 0.25) is 15.1 Å². The van der Waals surface area contributed by atoms with Crippen LogP contribution < -0.4 is 4.90 Å². The largest absolute Gasteiger partial charge is 0.507 e. The number of esters is 2. The normalized spacial score (nSPS) is 11.5. The summed E-state index contributed by atoms with van der Waals surface area (Å²) in [6.45, 7) is 4.87. The number of ether oxygens (including phenoxy) is 2. The van der Waals surface area contributed by atoms with Crippen LogP contribution in [0.1, 0.15) is 26.3 Å². The van der Waals surface area contributed by atoms with Gasteiger partial charge in [-0.25, -0.2) is 9.59 Å². The van der Waals surface area contributed by atoms with E-state index in [0.717, 1.165) is 11.8 Å². The number of anilines is 2. The summed E-state index contributed by atoms with van der Waals surface area (Å²) < 4.78 is 10.4. The molecule has 1 N–H and O–H groups in total. The second kappa shape index (κ2) is 17.0. The van der Waals surface area contributed by atoms with Gasteiger partial charge in [-0.2, -0.15) is 0 Å². The van der Waals surface area contributed by atoms with Gasteiger partial charge in [-0.05, 0) is 91.9 Å². The summed E-state index contributed by atoms with van der Waals surface area (Å²) >= 11 is 19.3. The van der Waals surface area contributed by atoms with Crippen molar-refractivity contribution >= 4 is 81.9 Å². The Balaban J connectivity index is 2.40. The fraction of sp³-hybridized carbons (Fsp3) is 0.182. The van der Waals surface area contributed by atoms with Crippen LogP contribution in [-0.2, 0) is 23.9 Å². The number of hydrogen-bond donors (Lipinski definition) is 1. The molecule has 0 saturated heterocycles. The fourth-order valence-electron chi connectivity index (χ4n) is 3.92. The zero-order valence-electron chi connectivity index (χ0n) is 24.2. The molecule has 0 radical (unpaired) electrons. The summed E-state index contributed by atoms with van der Waals surface area (Å²) in [7, 11) is 0. The number of amides is 1. The van der Waals surface area contributed by atoms with Gasteiger partial charge in [-0.15, -0.1) is 11.8 Å². The van der Waals surface area contributed by atoms with Gasteiger partial charge in [0.05, 0.1) is 18.8 Å². The van der Waals surface area contributed by atoms with Gasteiger partial charge in [0, 0.05) is 31.3 Å². The number of aliphatic hydroxyl groups excluding tert-OH is 1. The molecule has 0 aliphatic rings. The summed E-state index contributed by atoms with van der Waals surface area (Å²) in [5.74, 6) is -2.93. The minimum Gasteiger partial charge on any atom is -0.507 e. The van der Waals surface area contributed by atoms with Crippen molar-refractivity contribution in [3.63, 3.8) is 0 Å². The first-order valence-corrected chi connectivity index (χ1v) is 15.7. The van der Waals surface area contributed by atoms with Crippen LogP contribution in [0.3, 0.4) is 0 Å². The highest BCUT2D eigenvalue weighted by atomic mass is 35.5. The highest BCUT2D eigenvalue weighted by Crippen LogP contribution is 2.37. The molecule has 3 rings (SSSR count). The molecule has 11 heteroatoms. The third-order valence-electron chi connectivity index (χ3n) is 5.85. The quantitative estimate of drug-likeness (QED) is 0.0512. The van der Waals surface area contributed by atoms with E-state index in [1.807, 2.05) is 0 Å². The van der Waals surface area contributed by atoms with Crippen LogP contribution in [0.4, 0.5) is 11.4 Å². The zero-order chi connectivity index (χ0) is 32.2. The van der Waals surface area contributed by atoms with Crippen molar-refractivity contribution in [2.45, 2.75) is 20.8 Å². The maximum absolute atomic E-state index is 14.7. The van der Waals surface area contributed by atoms with Gasteiger partial charge in [0.1, 0.15) is 5.76 Å². The van der Waals surface area contributed by atoms with Crippen LogP contribution in [0.25, 0.3) is 6.08 Å². The average molecular weight is 675 g/mol. The Kier molecular flexibility index (Phi) is 13.4. The van der Waals surface area contributed by atoms with E-state index in [0.29, 0.717) is 37.8 Å². The molecule has 0 saturated carbocycles. The van der Waals surface area contributed by atoms with Gasteiger partial charge < -0.3 is 14.6 Å². The number of carbonyl (C=O) groups is 3. The van der Waals surface area contributed by atoms with Crippen molar-refractivity contribution < 1.29 is 29.0 Å². The first-order chi connectivity index (χ1) is 21.1. The first-order valence-electron chi connectivity index (χ1n) is 13.5. The first kappa shape index (κ1) is 34.8. The van der Waals surface area contributed by atoms with E-state index in [1.54, 1.807) is 99.6 Å². The topological polar surface area (TPSA) is 93.1 Å². The molecular formula is C33H30Cl3NO6S. The molecule has 7 nitrogen and oxygen atoms in total. The summed E-state index contributed by atoms with van der Waals surface area (Å²) in [5.41, 5.74) is 0.613. The van der Waals surface area contributed by atoms with Crippen LogP contribution in [0.15, 0.2) is 101 Å². The van der Waals surface area contributed by atoms with E-state index in [2.05, 4.69) is 0 Å². The minimum atomic E-state index is -0.994. The van der Waals surface area contributed by atoms with Crippen molar-refractivity contribution in [1.82, 2.24) is 0 Å². The van der Waals surface area contributed by atoms with Crippen molar-refractivity contribution in [3.05, 3.63) is 121 Å². The number of hydrogen-bond acceptors (Lipinski definition) is 7. The van der Waals surface area contributed by atoms with Gasteiger partial charge in [0.15, 0.2) is 5.57 Å². The van der Waals surface area contributed by atoms with E-state index in [-0.39, 0.29) is 23.7 Å². The highest BCUT2D eigenvalue weighted by Gasteiger charge is 2.35. The Hall–Kier alpha value is -3.69. The van der Waals surface area contributed by atoms with Crippen molar-refractivity contribution in [2.75, 3.05) is 23.9 Å². The maximum Gasteiger partial charge on any atom is 0.346 e. The molecule has 3 aromatic carbocycles. The Morgan fingerprint density at radius 1 is 0.727 bits per heavy atom. The predicted molar refractivity (Wildman–Crippen MR) is 179 cm³/mol. The van der Waals surface area contributed by atoms with Crippen LogP contribution >= 0.6 is 46.6 Å². The van der Waals surface area contributed by atoms with Crippen molar-refractivity contribution in [2.24, 2.45) is 0 Å².